The smallest absolute Gasteiger partial charge is 0.290 e. The Bertz CT molecular complexity index is 1570. The topological polar surface area (TPSA) is 105 Å². The van der Waals surface area contributed by atoms with E-state index in [2.05, 4.69) is 4.98 Å². The summed E-state index contributed by atoms with van der Waals surface area (Å²) in [6.07, 6.45) is -4.74. The van der Waals surface area contributed by atoms with Crippen LogP contribution in [-0.2, 0) is 4.79 Å². The summed E-state index contributed by atoms with van der Waals surface area (Å²) < 4.78 is 101. The first-order valence-corrected chi connectivity index (χ1v) is 11.5. The molecule has 2 aromatic heterocycles. The summed E-state index contributed by atoms with van der Waals surface area (Å²) in [6.45, 7) is -0.397. The van der Waals surface area contributed by atoms with Crippen LogP contribution in [0.25, 0.3) is 16.7 Å². The normalized spacial score (nSPS) is 19.2. The van der Waals surface area contributed by atoms with Gasteiger partial charge in [-0.05, 0) is 18.9 Å². The molecule has 0 bridgehead atoms. The van der Waals surface area contributed by atoms with Crippen LogP contribution in [0, 0.1) is 29.2 Å². The number of amides is 2. The van der Waals surface area contributed by atoms with Crippen LogP contribution in [0.2, 0.25) is 0 Å². The number of rotatable bonds is 6. The third kappa shape index (κ3) is 4.49. The summed E-state index contributed by atoms with van der Waals surface area (Å²) >= 11 is 0. The van der Waals surface area contributed by atoms with E-state index in [0.29, 0.717) is 16.8 Å². The SMILES string of the molecule is O=C(NC(F)(C(F)F)C1CC1)c1cn(-c2c(F)cc(F)cc2F)c2nc(N3C[C@@H](O)CC3=O)c(F)cc2c1=O. The number of β-amino-alcohol motifs (C(OH)–C–C–N with tert-alkyl or cyclic N) is 1. The fraction of sp³-hybridized carbons (Fsp3) is 0.333. The Labute approximate surface area is 213 Å². The Morgan fingerprint density at radius 3 is 2.26 bits per heavy atom. The number of alkyl halides is 3. The monoisotopic (exact) mass is 558 g/mol. The minimum absolute atomic E-state index is 0.0247. The van der Waals surface area contributed by atoms with Crippen LogP contribution in [0.5, 0.6) is 0 Å². The lowest BCUT2D eigenvalue weighted by atomic mass is 10.1. The highest BCUT2D eigenvalue weighted by Crippen LogP contribution is 2.44. The van der Waals surface area contributed by atoms with E-state index >= 15 is 4.39 Å². The molecule has 1 aliphatic carbocycles. The number of aliphatic hydroxyl groups is 1. The van der Waals surface area contributed by atoms with Gasteiger partial charge in [0.2, 0.25) is 17.1 Å². The molecule has 1 aromatic carbocycles. The van der Waals surface area contributed by atoms with Gasteiger partial charge in [-0.2, -0.15) is 0 Å². The van der Waals surface area contributed by atoms with Crippen molar-refractivity contribution < 1.29 is 45.4 Å². The van der Waals surface area contributed by atoms with Crippen molar-refractivity contribution in [2.45, 2.75) is 37.6 Å². The molecule has 15 heteroatoms. The third-order valence-corrected chi connectivity index (χ3v) is 6.53. The number of nitrogens with one attached hydrogen (secondary N) is 1. The lowest BCUT2D eigenvalue weighted by Gasteiger charge is -2.25. The van der Waals surface area contributed by atoms with Crippen molar-refractivity contribution in [2.24, 2.45) is 5.92 Å². The minimum atomic E-state index is -3.68. The highest BCUT2D eigenvalue weighted by Gasteiger charge is 2.54. The third-order valence-electron chi connectivity index (χ3n) is 6.53. The van der Waals surface area contributed by atoms with Gasteiger partial charge in [0.15, 0.2) is 28.9 Å². The molecule has 2 aliphatic rings. The van der Waals surface area contributed by atoms with Gasteiger partial charge in [-0.1, -0.05) is 0 Å². The van der Waals surface area contributed by atoms with Crippen molar-refractivity contribution in [1.82, 2.24) is 14.9 Å². The molecule has 2 amide bonds. The second-order valence-corrected chi connectivity index (χ2v) is 9.28. The molecule has 5 rings (SSSR count). The first-order valence-electron chi connectivity index (χ1n) is 11.5. The van der Waals surface area contributed by atoms with E-state index in [4.69, 9.17) is 0 Å². The van der Waals surface area contributed by atoms with Crippen molar-refractivity contribution in [2.75, 3.05) is 11.4 Å². The molecule has 0 radical (unpaired) electrons. The molecule has 1 saturated carbocycles. The number of nitrogens with zero attached hydrogens (tertiary/aromatic N) is 3. The fourth-order valence-electron chi connectivity index (χ4n) is 4.47. The van der Waals surface area contributed by atoms with Crippen LogP contribution in [-0.4, -0.2) is 51.3 Å². The van der Waals surface area contributed by atoms with Gasteiger partial charge in [-0.25, -0.2) is 35.7 Å². The number of aliphatic hydroxyl groups excluding tert-OH is 1. The Morgan fingerprint density at radius 1 is 1.08 bits per heavy atom. The molecule has 2 fully saturated rings. The van der Waals surface area contributed by atoms with Crippen LogP contribution >= 0.6 is 0 Å². The number of hydrogen-bond donors (Lipinski definition) is 2. The van der Waals surface area contributed by atoms with Crippen molar-refractivity contribution in [3.8, 4) is 5.69 Å². The van der Waals surface area contributed by atoms with Crippen LogP contribution in [0.1, 0.15) is 29.6 Å². The van der Waals surface area contributed by atoms with Gasteiger partial charge in [-0.15, -0.1) is 0 Å². The molecule has 206 valence electrons. The molecule has 8 nitrogen and oxygen atoms in total. The molecular weight excluding hydrogens is 541 g/mol. The van der Waals surface area contributed by atoms with Crippen LogP contribution in [0.4, 0.5) is 36.6 Å². The van der Waals surface area contributed by atoms with Crippen molar-refractivity contribution >= 4 is 28.7 Å². The highest BCUT2D eigenvalue weighted by atomic mass is 19.3. The number of hydrogen-bond acceptors (Lipinski definition) is 5. The van der Waals surface area contributed by atoms with Gasteiger partial charge in [0.1, 0.15) is 17.1 Å². The lowest BCUT2D eigenvalue weighted by Crippen LogP contribution is -2.53. The van der Waals surface area contributed by atoms with E-state index in [-0.39, 0.29) is 31.4 Å². The summed E-state index contributed by atoms with van der Waals surface area (Å²) in [6, 6.07) is 0.994. The maximum absolute atomic E-state index is 15.1. The highest BCUT2D eigenvalue weighted by molar-refractivity contribution is 5.99. The van der Waals surface area contributed by atoms with Gasteiger partial charge in [0, 0.05) is 24.2 Å². The fourth-order valence-corrected chi connectivity index (χ4v) is 4.47. The molecule has 2 atom stereocenters. The minimum Gasteiger partial charge on any atom is -0.391 e. The first kappa shape index (κ1) is 26.6. The van der Waals surface area contributed by atoms with Gasteiger partial charge < -0.3 is 10.4 Å². The number of aromatic nitrogens is 2. The average Bonchev–Trinajstić information content (AvgIpc) is 3.64. The zero-order valence-corrected chi connectivity index (χ0v) is 19.5. The Balaban J connectivity index is 1.75. The number of anilines is 1. The van der Waals surface area contributed by atoms with Crippen LogP contribution < -0.4 is 15.6 Å². The second kappa shape index (κ2) is 9.32. The van der Waals surface area contributed by atoms with Crippen molar-refractivity contribution in [1.29, 1.82) is 0 Å². The molecule has 39 heavy (non-hydrogen) atoms. The van der Waals surface area contributed by atoms with E-state index in [1.165, 1.54) is 5.32 Å². The number of benzene rings is 1. The van der Waals surface area contributed by atoms with Crippen LogP contribution in [0.15, 0.2) is 29.2 Å². The van der Waals surface area contributed by atoms with Gasteiger partial charge in [0.25, 0.3) is 12.3 Å². The molecule has 3 heterocycles. The molecule has 0 spiro atoms. The van der Waals surface area contributed by atoms with Gasteiger partial charge >= 0.3 is 0 Å². The first-order chi connectivity index (χ1) is 18.3. The Hall–Kier alpha value is -4.01. The number of carbonyl (C=O) groups is 2. The molecule has 3 aromatic rings. The van der Waals surface area contributed by atoms with E-state index < -0.39 is 99.4 Å². The zero-order chi connectivity index (χ0) is 28.4. The maximum Gasteiger partial charge on any atom is 0.290 e. The Morgan fingerprint density at radius 2 is 1.72 bits per heavy atom. The lowest BCUT2D eigenvalue weighted by molar-refractivity contribution is -0.117. The van der Waals surface area contributed by atoms with Crippen LogP contribution in [0.3, 0.4) is 0 Å². The summed E-state index contributed by atoms with van der Waals surface area (Å²) in [5.41, 5.74) is -4.28. The van der Waals surface area contributed by atoms with E-state index in [1.54, 1.807) is 0 Å². The average molecular weight is 558 g/mol. The van der Waals surface area contributed by atoms with E-state index in [1.807, 2.05) is 0 Å². The molecule has 1 aliphatic heterocycles. The number of pyridine rings is 2. The zero-order valence-electron chi connectivity index (χ0n) is 19.5. The summed E-state index contributed by atoms with van der Waals surface area (Å²) in [7, 11) is 0. The number of carbonyl (C=O) groups excluding carboxylic acids is 2. The van der Waals surface area contributed by atoms with Crippen molar-refractivity contribution in [3.63, 3.8) is 0 Å². The largest absolute Gasteiger partial charge is 0.391 e. The van der Waals surface area contributed by atoms with Gasteiger partial charge in [-0.3, -0.25) is 23.9 Å². The van der Waals surface area contributed by atoms with E-state index in [9.17, 15) is 45.8 Å². The van der Waals surface area contributed by atoms with E-state index in [0.717, 1.165) is 4.90 Å². The summed E-state index contributed by atoms with van der Waals surface area (Å²) in [4.78, 5) is 42.8. The summed E-state index contributed by atoms with van der Waals surface area (Å²) in [5, 5.41) is 10.4. The Kier molecular flexibility index (Phi) is 6.36. The maximum atomic E-state index is 15.1. The molecular formula is C24H17F7N4O4. The van der Waals surface area contributed by atoms with Gasteiger partial charge in [0.05, 0.1) is 24.5 Å². The number of halogens is 7. The molecule has 1 unspecified atom stereocenters. The molecule has 1 saturated heterocycles. The van der Waals surface area contributed by atoms with Crippen molar-refractivity contribution in [3.05, 3.63) is 63.5 Å². The quantitative estimate of drug-likeness (QED) is 0.358. The molecule has 2 N–H and O–H groups in total. The summed E-state index contributed by atoms with van der Waals surface area (Å²) in [5.74, 6) is -13.7. The second-order valence-electron chi connectivity index (χ2n) is 9.28. The number of fused-ring (bicyclic) bond motifs is 1. The predicted molar refractivity (Wildman–Crippen MR) is 120 cm³/mol. The predicted octanol–water partition coefficient (Wildman–Crippen LogP) is 3.11. The standard InChI is InChI=1S/C24H17F7N4O4/c25-10-3-14(26)18(15(27)4-10)35-8-13(22(39)33-24(31,23(29)30)9-1-2-9)19(38)12-6-16(28)21(32-20(12)35)34-7-11(36)5-17(34)37/h3-4,6,8-9,11,23,36H,1-2,5,7H2,(H,33,39)/t11-,24?/m0/s1.